The minimum Gasteiger partial charge on any atom is -0.371 e. The van der Waals surface area contributed by atoms with Crippen LogP contribution in [0.1, 0.15) is 6.92 Å². The molecule has 1 aliphatic rings. The van der Waals surface area contributed by atoms with Gasteiger partial charge in [0.05, 0.1) is 22.4 Å². The van der Waals surface area contributed by atoms with Crippen LogP contribution in [0.2, 0.25) is 0 Å². The lowest BCUT2D eigenvalue weighted by Crippen LogP contribution is -2.47. The molecule has 0 bridgehead atoms. The zero-order valence-corrected chi connectivity index (χ0v) is 12.2. The van der Waals surface area contributed by atoms with E-state index in [4.69, 9.17) is 4.74 Å². The topological polar surface area (TPSA) is 25.4 Å². The number of nitrogens with zero attached hydrogens (tertiary/aromatic N) is 2. The Hall–Kier alpha value is -0.130. The van der Waals surface area contributed by atoms with Gasteiger partial charge in [-0.15, -0.1) is 0 Å². The number of alkyl halides is 1. The van der Waals surface area contributed by atoms with Crippen LogP contribution in [-0.4, -0.2) is 35.6 Å². The van der Waals surface area contributed by atoms with Crippen molar-refractivity contribution < 1.29 is 4.74 Å². The van der Waals surface area contributed by atoms with Gasteiger partial charge in [-0.25, -0.2) is 0 Å². The van der Waals surface area contributed by atoms with Crippen LogP contribution in [0.15, 0.2) is 22.9 Å². The first-order valence-corrected chi connectivity index (χ1v) is 7.18. The van der Waals surface area contributed by atoms with Crippen molar-refractivity contribution in [3.63, 3.8) is 0 Å². The number of halogens is 2. The summed E-state index contributed by atoms with van der Waals surface area (Å²) >= 11 is 7.02. The maximum absolute atomic E-state index is 5.81. The molecule has 0 N–H and O–H groups in total. The third-order valence-corrected chi connectivity index (χ3v) is 3.92. The van der Waals surface area contributed by atoms with E-state index in [0.29, 0.717) is 0 Å². The number of anilines is 1. The zero-order chi connectivity index (χ0) is 11.5. The molecular formula is C11H14Br2N2O. The first-order chi connectivity index (χ1) is 7.70. The van der Waals surface area contributed by atoms with Gasteiger partial charge in [0.2, 0.25) is 0 Å². The third kappa shape index (κ3) is 2.76. The van der Waals surface area contributed by atoms with E-state index >= 15 is 0 Å². The van der Waals surface area contributed by atoms with Crippen molar-refractivity contribution in [1.29, 1.82) is 0 Å². The molecule has 1 aromatic rings. The van der Waals surface area contributed by atoms with Gasteiger partial charge in [0.25, 0.3) is 0 Å². The molecule has 0 aliphatic carbocycles. The van der Waals surface area contributed by atoms with Gasteiger partial charge in [-0.3, -0.25) is 4.98 Å². The van der Waals surface area contributed by atoms with Gasteiger partial charge in [0, 0.05) is 30.8 Å². The Morgan fingerprint density at radius 1 is 1.56 bits per heavy atom. The molecule has 0 amide bonds. The number of hydrogen-bond donors (Lipinski definition) is 0. The highest BCUT2D eigenvalue weighted by molar-refractivity contribution is 9.10. The van der Waals surface area contributed by atoms with Gasteiger partial charge < -0.3 is 9.64 Å². The lowest BCUT2D eigenvalue weighted by molar-refractivity contribution is -0.00203. The predicted molar refractivity (Wildman–Crippen MR) is 72.3 cm³/mol. The van der Waals surface area contributed by atoms with Crippen molar-refractivity contribution in [1.82, 2.24) is 4.98 Å². The lowest BCUT2D eigenvalue weighted by Gasteiger charge is -2.37. The van der Waals surface area contributed by atoms with E-state index < -0.39 is 0 Å². The van der Waals surface area contributed by atoms with Gasteiger partial charge in [0.1, 0.15) is 0 Å². The summed E-state index contributed by atoms with van der Waals surface area (Å²) in [4.78, 5) is 6.42. The summed E-state index contributed by atoms with van der Waals surface area (Å²) in [5, 5.41) is 0.872. The molecule has 0 radical (unpaired) electrons. The predicted octanol–water partition coefficient (Wildman–Crippen LogP) is 2.83. The number of aromatic nitrogens is 1. The van der Waals surface area contributed by atoms with Gasteiger partial charge in [-0.2, -0.15) is 0 Å². The number of rotatable bonds is 2. The molecule has 2 unspecified atom stereocenters. The quantitative estimate of drug-likeness (QED) is 0.768. The average molecular weight is 350 g/mol. The molecule has 1 aliphatic heterocycles. The number of pyridine rings is 1. The molecule has 1 fully saturated rings. The van der Waals surface area contributed by atoms with E-state index in [2.05, 4.69) is 48.7 Å². The van der Waals surface area contributed by atoms with Gasteiger partial charge in [-0.05, 0) is 28.9 Å². The Balaban J connectivity index is 2.17. The van der Waals surface area contributed by atoms with Crippen molar-refractivity contribution >= 4 is 37.5 Å². The fraction of sp³-hybridized carbons (Fsp3) is 0.545. The fourth-order valence-corrected chi connectivity index (χ4v) is 2.81. The van der Waals surface area contributed by atoms with Crippen molar-refractivity contribution in [2.75, 3.05) is 23.3 Å². The van der Waals surface area contributed by atoms with E-state index in [1.165, 1.54) is 5.69 Å². The molecule has 2 atom stereocenters. The third-order valence-electron chi connectivity index (χ3n) is 2.59. The number of morpholine rings is 1. The van der Waals surface area contributed by atoms with Crippen LogP contribution in [-0.2, 0) is 4.74 Å². The minimum atomic E-state index is 0.254. The van der Waals surface area contributed by atoms with Crippen LogP contribution in [0.4, 0.5) is 5.69 Å². The highest BCUT2D eigenvalue weighted by atomic mass is 79.9. The largest absolute Gasteiger partial charge is 0.371 e. The highest BCUT2D eigenvalue weighted by Crippen LogP contribution is 2.27. The Morgan fingerprint density at radius 3 is 3.06 bits per heavy atom. The summed E-state index contributed by atoms with van der Waals surface area (Å²) in [5.74, 6) is 0. The van der Waals surface area contributed by atoms with Crippen molar-refractivity contribution in [2.24, 2.45) is 0 Å². The van der Waals surface area contributed by atoms with Crippen LogP contribution in [0, 0.1) is 0 Å². The second-order valence-electron chi connectivity index (χ2n) is 3.96. The molecule has 0 spiro atoms. The van der Waals surface area contributed by atoms with Crippen molar-refractivity contribution in [3.05, 3.63) is 22.9 Å². The highest BCUT2D eigenvalue weighted by Gasteiger charge is 2.25. The monoisotopic (exact) mass is 348 g/mol. The molecule has 1 aromatic heterocycles. The van der Waals surface area contributed by atoms with Gasteiger partial charge in [-0.1, -0.05) is 15.9 Å². The Bertz CT molecular complexity index is 362. The van der Waals surface area contributed by atoms with Crippen LogP contribution >= 0.6 is 31.9 Å². The van der Waals surface area contributed by atoms with Crippen LogP contribution < -0.4 is 4.90 Å². The Kier molecular flexibility index (Phi) is 4.21. The van der Waals surface area contributed by atoms with E-state index in [1.54, 1.807) is 0 Å². The smallest absolute Gasteiger partial charge is 0.0850 e. The zero-order valence-electron chi connectivity index (χ0n) is 9.07. The summed E-state index contributed by atoms with van der Waals surface area (Å²) < 4.78 is 6.85. The maximum Gasteiger partial charge on any atom is 0.0850 e. The molecule has 1 saturated heterocycles. The first-order valence-electron chi connectivity index (χ1n) is 5.26. The molecule has 88 valence electrons. The minimum absolute atomic E-state index is 0.254. The summed E-state index contributed by atoms with van der Waals surface area (Å²) in [7, 11) is 0. The second-order valence-corrected chi connectivity index (χ2v) is 5.46. The molecule has 16 heavy (non-hydrogen) atoms. The Morgan fingerprint density at radius 2 is 2.38 bits per heavy atom. The van der Waals surface area contributed by atoms with E-state index in [-0.39, 0.29) is 12.2 Å². The molecule has 5 heteroatoms. The summed E-state index contributed by atoms with van der Waals surface area (Å²) in [6.45, 7) is 3.95. The van der Waals surface area contributed by atoms with E-state index in [0.717, 1.165) is 22.9 Å². The molecule has 0 saturated carbocycles. The number of hydrogen-bond acceptors (Lipinski definition) is 3. The molecule has 2 rings (SSSR count). The molecule has 0 aromatic carbocycles. The van der Waals surface area contributed by atoms with Crippen LogP contribution in [0.25, 0.3) is 0 Å². The normalized spacial score (nSPS) is 25.8. The molecule has 3 nitrogen and oxygen atoms in total. The first kappa shape index (κ1) is 12.3. The molecule has 2 heterocycles. The average Bonchev–Trinajstić information content (AvgIpc) is 2.28. The standard InChI is InChI=1S/C11H14Br2N2O/c1-8-6-15(7-9(4-12)16-8)11-2-3-14-5-10(11)13/h2-3,5,8-9H,4,6-7H2,1H3. The fourth-order valence-electron chi connectivity index (χ4n) is 1.95. The van der Waals surface area contributed by atoms with Crippen LogP contribution in [0.3, 0.4) is 0 Å². The summed E-state index contributed by atoms with van der Waals surface area (Å²) in [6.07, 6.45) is 4.17. The summed E-state index contributed by atoms with van der Waals surface area (Å²) in [5.41, 5.74) is 1.19. The molecular weight excluding hydrogens is 336 g/mol. The lowest BCUT2D eigenvalue weighted by atomic mass is 10.2. The Labute approximate surface area is 112 Å². The van der Waals surface area contributed by atoms with E-state index in [1.807, 2.05) is 18.5 Å². The number of ether oxygens (including phenoxy) is 1. The maximum atomic E-state index is 5.81. The van der Waals surface area contributed by atoms with E-state index in [9.17, 15) is 0 Å². The SMILES string of the molecule is CC1CN(c2ccncc2Br)CC(CBr)O1. The van der Waals surface area contributed by atoms with Crippen molar-refractivity contribution in [3.8, 4) is 0 Å². The van der Waals surface area contributed by atoms with Crippen molar-refractivity contribution in [2.45, 2.75) is 19.1 Å². The van der Waals surface area contributed by atoms with Crippen LogP contribution in [0.5, 0.6) is 0 Å². The van der Waals surface area contributed by atoms with Gasteiger partial charge in [0.15, 0.2) is 0 Å². The van der Waals surface area contributed by atoms with Gasteiger partial charge >= 0.3 is 0 Å². The summed E-state index contributed by atoms with van der Waals surface area (Å²) in [6, 6.07) is 2.04. The second kappa shape index (κ2) is 5.47.